The molecule has 1 aliphatic heterocycles. The third-order valence-corrected chi connectivity index (χ3v) is 2.13. The summed E-state index contributed by atoms with van der Waals surface area (Å²) in [6.07, 6.45) is -0.229. The molecule has 2 atom stereocenters. The van der Waals surface area contributed by atoms with Crippen LogP contribution in [0.15, 0.2) is 0 Å². The van der Waals surface area contributed by atoms with Gasteiger partial charge in [0.25, 0.3) is 0 Å². The maximum Gasteiger partial charge on any atom is 0.320 e. The monoisotopic (exact) mass is 159 g/mol. The molecule has 1 heterocycles. The number of nitrogens with one attached hydrogen (secondary N) is 1. The first-order valence-electron chi connectivity index (χ1n) is 3.60. The summed E-state index contributed by atoms with van der Waals surface area (Å²) in [5.41, 5.74) is -0.330. The maximum atomic E-state index is 10.5. The number of rotatable bonds is 1. The summed E-state index contributed by atoms with van der Waals surface area (Å²) in [7, 11) is 0. The molecule has 1 rings (SSSR count). The van der Waals surface area contributed by atoms with Crippen molar-refractivity contribution in [3.05, 3.63) is 0 Å². The first-order chi connectivity index (χ1) is 4.93. The van der Waals surface area contributed by atoms with Gasteiger partial charge in [-0.05, 0) is 6.42 Å². The highest BCUT2D eigenvalue weighted by Gasteiger charge is 2.41. The first kappa shape index (κ1) is 8.49. The maximum absolute atomic E-state index is 10.5. The van der Waals surface area contributed by atoms with Crippen LogP contribution in [0.3, 0.4) is 0 Å². The Kier molecular flexibility index (Phi) is 1.90. The van der Waals surface area contributed by atoms with E-state index in [4.69, 9.17) is 5.11 Å². The molecule has 0 aromatic heterocycles. The third-order valence-electron chi connectivity index (χ3n) is 2.13. The van der Waals surface area contributed by atoms with Crippen molar-refractivity contribution in [3.8, 4) is 0 Å². The molecule has 0 aliphatic carbocycles. The van der Waals surface area contributed by atoms with E-state index < -0.39 is 18.2 Å². The van der Waals surface area contributed by atoms with Crippen molar-refractivity contribution in [3.63, 3.8) is 0 Å². The van der Waals surface area contributed by atoms with Gasteiger partial charge in [-0.1, -0.05) is 13.8 Å². The number of carbonyl (C=O) groups is 1. The molecule has 0 saturated carbocycles. The molecule has 1 aliphatic rings. The van der Waals surface area contributed by atoms with E-state index in [1.165, 1.54) is 0 Å². The normalized spacial score (nSPS) is 35.5. The number of hydrogen-bond donors (Lipinski definition) is 3. The summed E-state index contributed by atoms with van der Waals surface area (Å²) >= 11 is 0. The Balaban J connectivity index is 2.64. The van der Waals surface area contributed by atoms with Crippen LogP contribution in [0, 0.1) is 5.41 Å². The molecule has 64 valence electrons. The lowest BCUT2D eigenvalue weighted by atomic mass is 9.89. The zero-order valence-electron chi connectivity index (χ0n) is 6.66. The number of carboxylic acid groups (broad SMARTS) is 1. The van der Waals surface area contributed by atoms with Gasteiger partial charge in [0.2, 0.25) is 0 Å². The van der Waals surface area contributed by atoms with Crippen LogP contribution in [-0.2, 0) is 4.79 Å². The van der Waals surface area contributed by atoms with Gasteiger partial charge in [-0.3, -0.25) is 10.1 Å². The second-order valence-electron chi connectivity index (χ2n) is 3.65. The molecule has 4 heteroatoms. The predicted octanol–water partition coefficient (Wildman–Crippen LogP) is -0.223. The van der Waals surface area contributed by atoms with Crippen molar-refractivity contribution in [2.45, 2.75) is 32.5 Å². The Labute approximate surface area is 65.2 Å². The molecular weight excluding hydrogens is 146 g/mol. The molecule has 1 saturated heterocycles. The lowest BCUT2D eigenvalue weighted by molar-refractivity contribution is -0.139. The van der Waals surface area contributed by atoms with E-state index in [2.05, 4.69) is 5.32 Å². The van der Waals surface area contributed by atoms with E-state index in [9.17, 15) is 9.90 Å². The lowest BCUT2D eigenvalue weighted by Crippen LogP contribution is -2.37. The largest absolute Gasteiger partial charge is 0.480 e. The van der Waals surface area contributed by atoms with Crippen molar-refractivity contribution in [2.75, 3.05) is 0 Å². The van der Waals surface area contributed by atoms with Crippen LogP contribution in [0.25, 0.3) is 0 Å². The molecule has 0 spiro atoms. The molecular formula is C7H13NO3. The summed E-state index contributed by atoms with van der Waals surface area (Å²) < 4.78 is 0. The Hall–Kier alpha value is -0.610. The molecule has 0 aromatic rings. The lowest BCUT2D eigenvalue weighted by Gasteiger charge is -2.20. The van der Waals surface area contributed by atoms with Gasteiger partial charge in [0.15, 0.2) is 0 Å². The summed E-state index contributed by atoms with van der Waals surface area (Å²) in [5, 5.41) is 20.5. The molecule has 0 amide bonds. The molecule has 1 unspecified atom stereocenters. The molecule has 11 heavy (non-hydrogen) atoms. The smallest absolute Gasteiger partial charge is 0.320 e. The minimum Gasteiger partial charge on any atom is -0.480 e. The van der Waals surface area contributed by atoms with Crippen molar-refractivity contribution in [2.24, 2.45) is 5.41 Å². The number of aliphatic carboxylic acids is 1. The Morgan fingerprint density at radius 1 is 1.64 bits per heavy atom. The quantitative estimate of drug-likeness (QED) is 0.494. The average Bonchev–Trinajstić information content (AvgIpc) is 2.08. The van der Waals surface area contributed by atoms with Gasteiger partial charge in [-0.25, -0.2) is 0 Å². The van der Waals surface area contributed by atoms with Gasteiger partial charge in [-0.2, -0.15) is 0 Å². The topological polar surface area (TPSA) is 69.6 Å². The Bertz CT molecular complexity index is 179. The second kappa shape index (κ2) is 2.46. The molecule has 0 radical (unpaired) electrons. The van der Waals surface area contributed by atoms with E-state index in [0.717, 1.165) is 0 Å². The average molecular weight is 159 g/mol. The fourth-order valence-electron chi connectivity index (χ4n) is 1.27. The molecule has 0 aromatic carbocycles. The summed E-state index contributed by atoms with van der Waals surface area (Å²) in [6, 6.07) is -0.597. The highest BCUT2D eigenvalue weighted by molar-refractivity contribution is 5.74. The van der Waals surface area contributed by atoms with Crippen molar-refractivity contribution in [1.29, 1.82) is 0 Å². The minimum atomic E-state index is -0.894. The van der Waals surface area contributed by atoms with Crippen molar-refractivity contribution in [1.82, 2.24) is 5.32 Å². The SMILES string of the molecule is CC1(C)C[C@@H](C(=O)O)NC1O. The molecule has 3 N–H and O–H groups in total. The van der Waals surface area contributed by atoms with Gasteiger partial charge in [-0.15, -0.1) is 0 Å². The van der Waals surface area contributed by atoms with E-state index in [0.29, 0.717) is 6.42 Å². The van der Waals surface area contributed by atoms with Gasteiger partial charge in [0.1, 0.15) is 12.3 Å². The van der Waals surface area contributed by atoms with E-state index in [1.807, 2.05) is 13.8 Å². The first-order valence-corrected chi connectivity index (χ1v) is 3.60. The van der Waals surface area contributed by atoms with Crippen LogP contribution >= 0.6 is 0 Å². The second-order valence-corrected chi connectivity index (χ2v) is 3.65. The Morgan fingerprint density at radius 3 is 2.36 bits per heavy atom. The standard InChI is InChI=1S/C7H13NO3/c1-7(2)3-4(5(9)10)8-6(7)11/h4,6,8,11H,3H2,1-2H3,(H,9,10)/t4-,6?/m0/s1. The van der Waals surface area contributed by atoms with Crippen LogP contribution in [0.1, 0.15) is 20.3 Å². The van der Waals surface area contributed by atoms with Crippen LogP contribution < -0.4 is 5.32 Å². The van der Waals surface area contributed by atoms with Crippen LogP contribution in [0.4, 0.5) is 0 Å². The highest BCUT2D eigenvalue weighted by Crippen LogP contribution is 2.31. The minimum absolute atomic E-state index is 0.330. The number of aliphatic hydroxyl groups is 1. The number of hydrogen-bond acceptors (Lipinski definition) is 3. The zero-order chi connectivity index (χ0) is 8.65. The number of carboxylic acids is 1. The number of aliphatic hydroxyl groups excluding tert-OH is 1. The molecule has 0 bridgehead atoms. The summed E-state index contributed by atoms with van der Waals surface area (Å²) in [6.45, 7) is 3.68. The fraction of sp³-hybridized carbons (Fsp3) is 0.857. The van der Waals surface area contributed by atoms with Crippen molar-refractivity contribution >= 4 is 5.97 Å². The van der Waals surface area contributed by atoms with Gasteiger partial charge >= 0.3 is 5.97 Å². The van der Waals surface area contributed by atoms with Crippen LogP contribution in [0.5, 0.6) is 0 Å². The van der Waals surface area contributed by atoms with Crippen LogP contribution in [0.2, 0.25) is 0 Å². The van der Waals surface area contributed by atoms with E-state index in [-0.39, 0.29) is 5.41 Å². The van der Waals surface area contributed by atoms with Crippen LogP contribution in [-0.4, -0.2) is 28.5 Å². The zero-order valence-corrected chi connectivity index (χ0v) is 6.66. The molecule has 1 fully saturated rings. The highest BCUT2D eigenvalue weighted by atomic mass is 16.4. The third kappa shape index (κ3) is 1.52. The van der Waals surface area contributed by atoms with E-state index >= 15 is 0 Å². The van der Waals surface area contributed by atoms with Gasteiger partial charge in [0, 0.05) is 5.41 Å². The fourth-order valence-corrected chi connectivity index (χ4v) is 1.27. The van der Waals surface area contributed by atoms with Crippen molar-refractivity contribution < 1.29 is 15.0 Å². The summed E-state index contributed by atoms with van der Waals surface area (Å²) in [4.78, 5) is 10.5. The van der Waals surface area contributed by atoms with Gasteiger partial charge < -0.3 is 10.2 Å². The summed E-state index contributed by atoms with van der Waals surface area (Å²) in [5.74, 6) is -0.894. The Morgan fingerprint density at radius 2 is 2.18 bits per heavy atom. The van der Waals surface area contributed by atoms with E-state index in [1.54, 1.807) is 0 Å². The van der Waals surface area contributed by atoms with Gasteiger partial charge in [0.05, 0.1) is 0 Å². The molecule has 4 nitrogen and oxygen atoms in total. The predicted molar refractivity (Wildman–Crippen MR) is 39.0 cm³/mol.